The van der Waals surface area contributed by atoms with Gasteiger partial charge in [0.1, 0.15) is 11.6 Å². The van der Waals surface area contributed by atoms with Gasteiger partial charge in [0.25, 0.3) is 0 Å². The molecule has 1 saturated heterocycles. The van der Waals surface area contributed by atoms with Crippen LogP contribution in [0.25, 0.3) is 0 Å². The highest BCUT2D eigenvalue weighted by molar-refractivity contribution is 6.31. The van der Waals surface area contributed by atoms with E-state index in [1.807, 2.05) is 0 Å². The molecule has 1 aromatic rings. The molecule has 1 fully saturated rings. The van der Waals surface area contributed by atoms with Gasteiger partial charge in [-0.25, -0.2) is 4.39 Å². The Morgan fingerprint density at radius 1 is 1.42 bits per heavy atom. The van der Waals surface area contributed by atoms with Crippen molar-refractivity contribution in [1.82, 2.24) is 5.32 Å². The lowest BCUT2D eigenvalue weighted by molar-refractivity contribution is -0.118. The Bertz CT molecular complexity index is 444. The normalized spacial score (nSPS) is 19.4. The van der Waals surface area contributed by atoms with Gasteiger partial charge >= 0.3 is 0 Å². The number of carbonyl (C=O) groups excluding carboxylic acids is 1. The minimum Gasteiger partial charge on any atom is -0.314 e. The predicted octanol–water partition coefficient (Wildman–Crippen LogP) is 3.51. The van der Waals surface area contributed by atoms with Gasteiger partial charge < -0.3 is 5.32 Å². The number of halogens is 2. The zero-order valence-corrected chi connectivity index (χ0v) is 11.7. The summed E-state index contributed by atoms with van der Waals surface area (Å²) >= 11 is 5.85. The number of nitrogens with one attached hydrogen (secondary N) is 1. The van der Waals surface area contributed by atoms with Gasteiger partial charge in [-0.3, -0.25) is 4.79 Å². The molecule has 1 aromatic carbocycles. The molecule has 19 heavy (non-hydrogen) atoms. The molecule has 0 aromatic heterocycles. The number of hydrogen-bond acceptors (Lipinski definition) is 2. The van der Waals surface area contributed by atoms with Gasteiger partial charge in [0.2, 0.25) is 0 Å². The van der Waals surface area contributed by atoms with E-state index >= 15 is 0 Å². The van der Waals surface area contributed by atoms with Crippen LogP contribution in [0.5, 0.6) is 0 Å². The molecule has 4 heteroatoms. The van der Waals surface area contributed by atoms with Crippen LogP contribution in [-0.2, 0) is 11.2 Å². The Hall–Kier alpha value is -0.930. The largest absolute Gasteiger partial charge is 0.314 e. The van der Waals surface area contributed by atoms with Crippen molar-refractivity contribution in [3.8, 4) is 0 Å². The lowest BCUT2D eigenvalue weighted by Gasteiger charge is -2.23. The van der Waals surface area contributed by atoms with Gasteiger partial charge in [0.15, 0.2) is 0 Å². The molecule has 1 N–H and O–H groups in total. The van der Waals surface area contributed by atoms with Crippen molar-refractivity contribution in [2.75, 3.05) is 6.54 Å². The fourth-order valence-electron chi connectivity index (χ4n) is 2.49. The number of ketones is 1. The van der Waals surface area contributed by atoms with Crippen molar-refractivity contribution in [2.24, 2.45) is 0 Å². The van der Waals surface area contributed by atoms with E-state index in [1.54, 1.807) is 12.1 Å². The molecule has 0 aliphatic carbocycles. The molecule has 0 spiro atoms. The molecule has 0 bridgehead atoms. The van der Waals surface area contributed by atoms with Gasteiger partial charge in [-0.1, -0.05) is 30.2 Å². The molecule has 0 saturated carbocycles. The van der Waals surface area contributed by atoms with Crippen LogP contribution >= 0.6 is 11.6 Å². The third kappa shape index (κ3) is 4.29. The lowest BCUT2D eigenvalue weighted by atomic mass is 9.97. The average molecular weight is 284 g/mol. The van der Waals surface area contributed by atoms with Crippen molar-refractivity contribution in [1.29, 1.82) is 0 Å². The summed E-state index contributed by atoms with van der Waals surface area (Å²) in [6.07, 6.45) is 5.23. The van der Waals surface area contributed by atoms with Crippen LogP contribution in [0.15, 0.2) is 18.2 Å². The molecule has 1 unspecified atom stereocenters. The Balaban J connectivity index is 1.82. The Labute approximate surface area is 118 Å². The smallest absolute Gasteiger partial charge is 0.142 e. The van der Waals surface area contributed by atoms with Crippen LogP contribution in [0.3, 0.4) is 0 Å². The van der Waals surface area contributed by atoms with Crippen LogP contribution in [0.2, 0.25) is 5.02 Å². The number of Topliss-reactive ketones (excluding diaryl/α,β-unsaturated/α-hetero) is 1. The molecule has 0 radical (unpaired) electrons. The molecule has 1 atom stereocenters. The predicted molar refractivity (Wildman–Crippen MR) is 75.0 cm³/mol. The summed E-state index contributed by atoms with van der Waals surface area (Å²) in [5.74, 6) is -0.333. The van der Waals surface area contributed by atoms with Crippen molar-refractivity contribution < 1.29 is 9.18 Å². The highest BCUT2D eigenvalue weighted by atomic mass is 35.5. The summed E-state index contributed by atoms with van der Waals surface area (Å²) in [4.78, 5) is 11.9. The monoisotopic (exact) mass is 283 g/mol. The second-order valence-corrected chi connectivity index (χ2v) is 5.49. The van der Waals surface area contributed by atoms with Crippen LogP contribution < -0.4 is 5.32 Å². The maximum Gasteiger partial charge on any atom is 0.142 e. The fraction of sp³-hybridized carbons (Fsp3) is 0.533. The van der Waals surface area contributed by atoms with E-state index < -0.39 is 5.82 Å². The number of benzene rings is 1. The van der Waals surface area contributed by atoms with Gasteiger partial charge in [-0.2, -0.15) is 0 Å². The number of rotatable bonds is 5. The molecule has 2 rings (SSSR count). The summed E-state index contributed by atoms with van der Waals surface area (Å²) in [6, 6.07) is 5.07. The van der Waals surface area contributed by atoms with E-state index in [0.717, 1.165) is 19.4 Å². The quantitative estimate of drug-likeness (QED) is 0.896. The van der Waals surface area contributed by atoms with E-state index in [4.69, 9.17) is 11.6 Å². The summed E-state index contributed by atoms with van der Waals surface area (Å²) in [6.45, 7) is 1.05. The minimum absolute atomic E-state index is 0.0756. The number of carbonyl (C=O) groups is 1. The molecule has 104 valence electrons. The van der Waals surface area contributed by atoms with E-state index in [-0.39, 0.29) is 17.2 Å². The average Bonchev–Trinajstić information content (AvgIpc) is 2.43. The molecule has 1 heterocycles. The second kappa shape index (κ2) is 7.01. The first-order valence-corrected chi connectivity index (χ1v) is 7.22. The first-order valence-electron chi connectivity index (χ1n) is 6.85. The first-order chi connectivity index (χ1) is 9.16. The summed E-state index contributed by atoms with van der Waals surface area (Å²) in [5.41, 5.74) is 0.586. The Morgan fingerprint density at radius 3 is 3.00 bits per heavy atom. The third-order valence-corrected chi connectivity index (χ3v) is 4.03. The van der Waals surface area contributed by atoms with Crippen molar-refractivity contribution >= 4 is 17.4 Å². The van der Waals surface area contributed by atoms with Gasteiger partial charge in [-0.15, -0.1) is 0 Å². The Kier molecular flexibility index (Phi) is 5.34. The maximum atomic E-state index is 13.3. The SMILES string of the molecule is O=C(CCC1CCCCN1)Cc1cccc(F)c1Cl. The van der Waals surface area contributed by atoms with Crippen molar-refractivity contribution in [3.63, 3.8) is 0 Å². The summed E-state index contributed by atoms with van der Waals surface area (Å²) in [7, 11) is 0. The highest BCUT2D eigenvalue weighted by Gasteiger charge is 2.15. The molecule has 1 aliphatic heterocycles. The lowest BCUT2D eigenvalue weighted by Crippen LogP contribution is -2.34. The van der Waals surface area contributed by atoms with Gasteiger partial charge in [0, 0.05) is 18.9 Å². The molecule has 0 amide bonds. The van der Waals surface area contributed by atoms with Crippen molar-refractivity contribution in [3.05, 3.63) is 34.6 Å². The van der Waals surface area contributed by atoms with E-state index in [0.29, 0.717) is 18.0 Å². The van der Waals surface area contributed by atoms with Crippen LogP contribution in [0.4, 0.5) is 4.39 Å². The minimum atomic E-state index is -0.457. The molecular formula is C15H19ClFNO. The maximum absolute atomic E-state index is 13.3. The Morgan fingerprint density at radius 2 is 2.26 bits per heavy atom. The summed E-state index contributed by atoms with van der Waals surface area (Å²) in [5, 5.41) is 3.50. The highest BCUT2D eigenvalue weighted by Crippen LogP contribution is 2.21. The fourth-order valence-corrected chi connectivity index (χ4v) is 2.68. The number of piperidine rings is 1. The van der Waals surface area contributed by atoms with E-state index in [1.165, 1.54) is 18.9 Å². The van der Waals surface area contributed by atoms with E-state index in [9.17, 15) is 9.18 Å². The zero-order chi connectivity index (χ0) is 13.7. The van der Waals surface area contributed by atoms with Crippen molar-refractivity contribution in [2.45, 2.75) is 44.6 Å². The third-order valence-electron chi connectivity index (χ3n) is 3.60. The molecule has 1 aliphatic rings. The van der Waals surface area contributed by atoms with Crippen LogP contribution in [0, 0.1) is 5.82 Å². The van der Waals surface area contributed by atoms with Crippen LogP contribution in [0.1, 0.15) is 37.7 Å². The van der Waals surface area contributed by atoms with E-state index in [2.05, 4.69) is 5.32 Å². The zero-order valence-electron chi connectivity index (χ0n) is 10.9. The standard InChI is InChI=1S/C15H19ClFNO/c16-15-11(4-3-6-14(15)17)10-13(19)8-7-12-5-1-2-9-18-12/h3-4,6,12,18H,1-2,5,7-10H2. The van der Waals surface area contributed by atoms with Gasteiger partial charge in [0.05, 0.1) is 5.02 Å². The molecule has 2 nitrogen and oxygen atoms in total. The van der Waals surface area contributed by atoms with Gasteiger partial charge in [-0.05, 0) is 37.4 Å². The van der Waals surface area contributed by atoms with Crippen LogP contribution in [-0.4, -0.2) is 18.4 Å². The summed E-state index contributed by atoms with van der Waals surface area (Å²) < 4.78 is 13.3. The first kappa shape index (κ1) is 14.5. The topological polar surface area (TPSA) is 29.1 Å². The number of hydrogen-bond donors (Lipinski definition) is 1. The molecular weight excluding hydrogens is 265 g/mol. The second-order valence-electron chi connectivity index (χ2n) is 5.11.